The van der Waals surface area contributed by atoms with Crippen LogP contribution in [0, 0.1) is 0 Å². The lowest BCUT2D eigenvalue weighted by atomic mass is 10.1. The zero-order chi connectivity index (χ0) is 51.3. The highest BCUT2D eigenvalue weighted by Crippen LogP contribution is 2.43. The molecule has 0 aromatic rings. The summed E-state index contributed by atoms with van der Waals surface area (Å²) in [5.74, 6) is -1.62. The first-order valence-electron chi connectivity index (χ1n) is 26.8. The Morgan fingerprint density at radius 2 is 0.771 bits per heavy atom. The summed E-state index contributed by atoms with van der Waals surface area (Å²) in [5, 5.41) is 9.77. The van der Waals surface area contributed by atoms with Crippen molar-refractivity contribution in [1.29, 1.82) is 0 Å². The first-order chi connectivity index (χ1) is 34.2. The molecule has 398 valence electrons. The van der Waals surface area contributed by atoms with Gasteiger partial charge in [0.2, 0.25) is 0 Å². The van der Waals surface area contributed by atoms with E-state index >= 15 is 0 Å². The van der Waals surface area contributed by atoms with Crippen LogP contribution >= 0.6 is 7.82 Å². The standard InChI is InChI=1S/C58H95O11P/c1-4-7-10-13-16-19-22-25-27-30-32-35-38-41-44-47-56(60)65-51-55(69-58(62)49-46-43-40-37-34-31-28-26-23-20-17-14-11-8-5-2)53-67-70(63,64)66-52-54(50-59)68-57(61)48-45-42-39-36-33-29-24-21-18-15-12-9-6-3/h8-9,11-12,17-18,20-21,25-29,33-34,37,39,42,54-55,59H,4-7,10,13-16,19,22-24,30-32,35-36,38,40-41,43-53H2,1-3H3,(H,63,64)/b11-8-,12-9-,20-17-,21-18-,27-25-,28-26-,33-29-,37-34-,42-39-. The number of allylic oxidation sites excluding steroid dienone is 18. The molecule has 3 unspecified atom stereocenters. The lowest BCUT2D eigenvalue weighted by molar-refractivity contribution is -0.161. The molecule has 0 aliphatic heterocycles. The van der Waals surface area contributed by atoms with Crippen molar-refractivity contribution in [2.24, 2.45) is 0 Å². The van der Waals surface area contributed by atoms with E-state index in [1.165, 1.54) is 38.5 Å². The van der Waals surface area contributed by atoms with E-state index in [1.807, 2.05) is 18.2 Å². The summed E-state index contributed by atoms with van der Waals surface area (Å²) in [6, 6.07) is 0. The number of hydrogen-bond donors (Lipinski definition) is 2. The average Bonchev–Trinajstić information content (AvgIpc) is 3.35. The number of unbranched alkanes of at least 4 members (excludes halogenated alkanes) is 13. The molecule has 0 aliphatic carbocycles. The maximum Gasteiger partial charge on any atom is 0.472 e. The Hall–Kier alpha value is -3.86. The molecule has 0 aromatic heterocycles. The number of phosphoric acid groups is 1. The normalized spacial score (nSPS) is 14.3. The monoisotopic (exact) mass is 999 g/mol. The van der Waals surface area contributed by atoms with Crippen molar-refractivity contribution in [1.82, 2.24) is 0 Å². The van der Waals surface area contributed by atoms with Crippen molar-refractivity contribution in [2.45, 2.75) is 213 Å². The largest absolute Gasteiger partial charge is 0.472 e. The van der Waals surface area contributed by atoms with Crippen LogP contribution in [-0.4, -0.2) is 66.5 Å². The van der Waals surface area contributed by atoms with Gasteiger partial charge in [0.15, 0.2) is 6.10 Å². The van der Waals surface area contributed by atoms with E-state index in [9.17, 15) is 28.9 Å². The number of carbonyl (C=O) groups is 3. The van der Waals surface area contributed by atoms with Crippen molar-refractivity contribution in [3.8, 4) is 0 Å². The first-order valence-corrected chi connectivity index (χ1v) is 28.3. The van der Waals surface area contributed by atoms with Crippen LogP contribution in [0.15, 0.2) is 109 Å². The second-order valence-electron chi connectivity index (χ2n) is 17.3. The van der Waals surface area contributed by atoms with Gasteiger partial charge in [0, 0.05) is 19.3 Å². The lowest BCUT2D eigenvalue weighted by Crippen LogP contribution is -2.30. The van der Waals surface area contributed by atoms with Crippen LogP contribution in [0.4, 0.5) is 0 Å². The summed E-state index contributed by atoms with van der Waals surface area (Å²) >= 11 is 0. The van der Waals surface area contributed by atoms with Crippen LogP contribution < -0.4 is 0 Å². The molecule has 0 saturated heterocycles. The fraction of sp³-hybridized carbons (Fsp3) is 0.638. The molecule has 12 heteroatoms. The summed E-state index contributed by atoms with van der Waals surface area (Å²) < 4.78 is 39.3. The van der Waals surface area contributed by atoms with Gasteiger partial charge in [-0.25, -0.2) is 4.57 Å². The van der Waals surface area contributed by atoms with Crippen LogP contribution in [0.1, 0.15) is 201 Å². The Morgan fingerprint density at radius 3 is 1.27 bits per heavy atom. The van der Waals surface area contributed by atoms with Crippen molar-refractivity contribution >= 4 is 25.7 Å². The minimum atomic E-state index is -4.78. The lowest BCUT2D eigenvalue weighted by Gasteiger charge is -2.21. The highest BCUT2D eigenvalue weighted by atomic mass is 31.2. The SMILES string of the molecule is CC/C=C\C/C=C\C/C=C\C/C=C\CCCCC(=O)OC(COC(=O)CCCCCCC/C=C\CCCCCCCC)COP(=O)(O)OCC(CO)OC(=O)CC/C=C\C/C=C\C/C=C\C/C=C\CC. The Balaban J connectivity index is 4.89. The molecule has 0 amide bonds. The number of rotatable bonds is 48. The second-order valence-corrected chi connectivity index (χ2v) is 18.7. The highest BCUT2D eigenvalue weighted by Gasteiger charge is 2.28. The van der Waals surface area contributed by atoms with Crippen LogP contribution in [0.3, 0.4) is 0 Å². The van der Waals surface area contributed by atoms with Gasteiger partial charge in [0.05, 0.1) is 19.8 Å². The van der Waals surface area contributed by atoms with Crippen molar-refractivity contribution in [3.63, 3.8) is 0 Å². The third kappa shape index (κ3) is 49.1. The Bertz CT molecular complexity index is 1590. The number of carbonyl (C=O) groups excluding carboxylic acids is 3. The molecule has 0 fully saturated rings. The maximum atomic E-state index is 12.9. The Labute approximate surface area is 425 Å². The molecule has 70 heavy (non-hydrogen) atoms. The zero-order valence-electron chi connectivity index (χ0n) is 43.7. The van der Waals surface area contributed by atoms with Crippen LogP contribution in [-0.2, 0) is 42.2 Å². The third-order valence-corrected chi connectivity index (χ3v) is 11.6. The quantitative estimate of drug-likeness (QED) is 0.0197. The van der Waals surface area contributed by atoms with E-state index in [4.69, 9.17) is 23.3 Å². The van der Waals surface area contributed by atoms with Crippen LogP contribution in [0.5, 0.6) is 0 Å². The van der Waals surface area contributed by atoms with E-state index in [-0.39, 0.29) is 25.9 Å². The maximum absolute atomic E-state index is 12.9. The molecule has 0 rings (SSSR count). The molecule has 2 N–H and O–H groups in total. The first kappa shape index (κ1) is 66.1. The summed E-state index contributed by atoms with van der Waals surface area (Å²) in [6.07, 6.45) is 60.8. The van der Waals surface area contributed by atoms with Crippen molar-refractivity contribution in [2.75, 3.05) is 26.4 Å². The highest BCUT2D eigenvalue weighted by molar-refractivity contribution is 7.47. The second kappa shape index (κ2) is 51.5. The van der Waals surface area contributed by atoms with E-state index in [2.05, 4.69) is 112 Å². The van der Waals surface area contributed by atoms with Crippen LogP contribution in [0.25, 0.3) is 0 Å². The molecule has 0 radical (unpaired) electrons. The molecule has 0 saturated carbocycles. The van der Waals surface area contributed by atoms with Gasteiger partial charge in [-0.1, -0.05) is 182 Å². The fourth-order valence-corrected chi connectivity index (χ4v) is 7.43. The molecule has 3 atom stereocenters. The van der Waals surface area contributed by atoms with Gasteiger partial charge in [-0.3, -0.25) is 23.4 Å². The van der Waals surface area contributed by atoms with Gasteiger partial charge in [-0.05, 0) is 109 Å². The number of hydrogen-bond acceptors (Lipinski definition) is 10. The van der Waals surface area contributed by atoms with Crippen LogP contribution in [0.2, 0.25) is 0 Å². The summed E-state index contributed by atoms with van der Waals surface area (Å²) in [6.45, 7) is 4.24. The molecule has 0 aromatic carbocycles. The zero-order valence-corrected chi connectivity index (χ0v) is 44.6. The number of aliphatic hydroxyl groups is 1. The fourth-order valence-electron chi connectivity index (χ4n) is 6.65. The molecule has 0 heterocycles. The summed E-state index contributed by atoms with van der Waals surface area (Å²) in [5.41, 5.74) is 0. The Morgan fingerprint density at radius 1 is 0.414 bits per heavy atom. The minimum Gasteiger partial charge on any atom is -0.462 e. The summed E-state index contributed by atoms with van der Waals surface area (Å²) in [7, 11) is -4.78. The molecule has 0 spiro atoms. The molecule has 0 bridgehead atoms. The molecular weight excluding hydrogens is 904 g/mol. The van der Waals surface area contributed by atoms with Gasteiger partial charge in [-0.2, -0.15) is 0 Å². The van der Waals surface area contributed by atoms with Gasteiger partial charge in [-0.15, -0.1) is 0 Å². The number of phosphoric ester groups is 1. The molecular formula is C58H95O11P. The smallest absolute Gasteiger partial charge is 0.462 e. The van der Waals surface area contributed by atoms with Gasteiger partial charge in [0.1, 0.15) is 12.7 Å². The number of ether oxygens (including phenoxy) is 3. The Kier molecular flexibility index (Phi) is 48.7. The van der Waals surface area contributed by atoms with Gasteiger partial charge < -0.3 is 24.2 Å². The third-order valence-electron chi connectivity index (χ3n) is 10.7. The number of aliphatic hydroxyl groups excluding tert-OH is 1. The molecule has 0 aliphatic rings. The summed E-state index contributed by atoms with van der Waals surface area (Å²) in [4.78, 5) is 48.3. The minimum absolute atomic E-state index is 0.0471. The van der Waals surface area contributed by atoms with Crippen molar-refractivity contribution in [3.05, 3.63) is 109 Å². The predicted molar refractivity (Wildman–Crippen MR) is 288 cm³/mol. The van der Waals surface area contributed by atoms with Gasteiger partial charge >= 0.3 is 25.7 Å². The van der Waals surface area contributed by atoms with E-state index in [1.54, 1.807) is 0 Å². The number of esters is 3. The van der Waals surface area contributed by atoms with Crippen molar-refractivity contribution < 1.29 is 52.2 Å². The van der Waals surface area contributed by atoms with E-state index < -0.39 is 57.8 Å². The van der Waals surface area contributed by atoms with E-state index in [0.717, 1.165) is 103 Å². The topological polar surface area (TPSA) is 155 Å². The van der Waals surface area contributed by atoms with E-state index in [0.29, 0.717) is 19.3 Å². The average molecular weight is 999 g/mol. The molecule has 11 nitrogen and oxygen atoms in total. The van der Waals surface area contributed by atoms with Gasteiger partial charge in [0.25, 0.3) is 0 Å². The predicted octanol–water partition coefficient (Wildman–Crippen LogP) is 15.5.